The Morgan fingerprint density at radius 3 is 2.42 bits per heavy atom. The van der Waals surface area contributed by atoms with Crippen LogP contribution < -0.4 is 5.73 Å². The van der Waals surface area contributed by atoms with Gasteiger partial charge in [-0.3, -0.25) is 10.1 Å². The highest BCUT2D eigenvalue weighted by molar-refractivity contribution is 7.99. The number of thioether (sulfide) groups is 1. The second-order valence-corrected chi connectivity index (χ2v) is 6.04. The maximum absolute atomic E-state index is 11.2. The summed E-state index contributed by atoms with van der Waals surface area (Å²) in [5.74, 6) is 0.622. The molecule has 0 saturated carbocycles. The standard InChI is InChI=1S/C12H16Cl2N2O2S/c1-2-10(16(17)18)12(19-7-6-15)11-8(13)4-3-5-9(11)14/h3-5,10,12H,2,6-7,15H2,1H3. The molecule has 0 radical (unpaired) electrons. The summed E-state index contributed by atoms with van der Waals surface area (Å²) < 4.78 is 0. The van der Waals surface area contributed by atoms with Crippen LogP contribution in [-0.2, 0) is 0 Å². The first-order chi connectivity index (χ1) is 9.02. The van der Waals surface area contributed by atoms with Gasteiger partial charge in [-0.25, -0.2) is 0 Å². The molecule has 0 heterocycles. The average Bonchev–Trinajstić information content (AvgIpc) is 2.35. The minimum atomic E-state index is -0.728. The first kappa shape index (κ1) is 16.6. The summed E-state index contributed by atoms with van der Waals surface area (Å²) in [6.45, 7) is 2.24. The van der Waals surface area contributed by atoms with Crippen LogP contribution in [0.2, 0.25) is 10.0 Å². The Morgan fingerprint density at radius 2 is 2.00 bits per heavy atom. The van der Waals surface area contributed by atoms with E-state index in [0.29, 0.717) is 34.3 Å². The third-order valence-corrected chi connectivity index (χ3v) is 4.78. The van der Waals surface area contributed by atoms with E-state index < -0.39 is 6.04 Å². The zero-order valence-corrected chi connectivity index (χ0v) is 12.8. The highest BCUT2D eigenvalue weighted by Gasteiger charge is 2.34. The predicted molar refractivity (Wildman–Crippen MR) is 81.8 cm³/mol. The molecule has 1 rings (SSSR count). The van der Waals surface area contributed by atoms with Crippen molar-refractivity contribution in [3.63, 3.8) is 0 Å². The molecule has 0 spiro atoms. The maximum atomic E-state index is 11.2. The molecular weight excluding hydrogens is 307 g/mol. The van der Waals surface area contributed by atoms with Crippen molar-refractivity contribution in [2.45, 2.75) is 24.6 Å². The fourth-order valence-corrected chi connectivity index (χ4v) is 3.92. The lowest BCUT2D eigenvalue weighted by Crippen LogP contribution is -2.26. The lowest BCUT2D eigenvalue weighted by atomic mass is 10.0. The smallest absolute Gasteiger partial charge is 0.228 e. The van der Waals surface area contributed by atoms with Crippen molar-refractivity contribution in [3.8, 4) is 0 Å². The van der Waals surface area contributed by atoms with Crippen LogP contribution in [0.3, 0.4) is 0 Å². The molecule has 0 saturated heterocycles. The van der Waals surface area contributed by atoms with Gasteiger partial charge in [0, 0.05) is 39.3 Å². The number of nitro groups is 1. The molecule has 0 aromatic heterocycles. The first-order valence-electron chi connectivity index (χ1n) is 5.92. The molecule has 2 unspecified atom stereocenters. The maximum Gasteiger partial charge on any atom is 0.228 e. The van der Waals surface area contributed by atoms with Gasteiger partial charge in [0.15, 0.2) is 0 Å². The van der Waals surface area contributed by atoms with Crippen molar-refractivity contribution in [1.82, 2.24) is 0 Å². The zero-order valence-electron chi connectivity index (χ0n) is 10.5. The highest BCUT2D eigenvalue weighted by Crippen LogP contribution is 2.41. The van der Waals surface area contributed by atoms with Crippen molar-refractivity contribution in [2.24, 2.45) is 5.73 Å². The summed E-state index contributed by atoms with van der Waals surface area (Å²) in [6.07, 6.45) is 0.413. The molecule has 1 aromatic carbocycles. The third kappa shape index (κ3) is 4.24. The van der Waals surface area contributed by atoms with Crippen molar-refractivity contribution in [1.29, 1.82) is 0 Å². The number of hydrogen-bond acceptors (Lipinski definition) is 4. The van der Waals surface area contributed by atoms with Crippen LogP contribution in [-0.4, -0.2) is 23.3 Å². The Bertz CT molecular complexity index is 425. The Morgan fingerprint density at radius 1 is 1.42 bits per heavy atom. The molecule has 2 atom stereocenters. The van der Waals surface area contributed by atoms with Gasteiger partial charge in [-0.2, -0.15) is 0 Å². The first-order valence-corrected chi connectivity index (χ1v) is 7.72. The second kappa shape index (κ2) is 7.94. The fraction of sp³-hybridized carbons (Fsp3) is 0.500. The molecule has 106 valence electrons. The quantitative estimate of drug-likeness (QED) is 0.612. The number of halogens is 2. The number of nitrogens with two attached hydrogens (primary N) is 1. The number of benzene rings is 1. The van der Waals surface area contributed by atoms with Crippen molar-refractivity contribution in [3.05, 3.63) is 43.9 Å². The van der Waals surface area contributed by atoms with Gasteiger partial charge in [0.25, 0.3) is 0 Å². The molecule has 0 aliphatic rings. The van der Waals surface area contributed by atoms with Crippen LogP contribution in [0.4, 0.5) is 0 Å². The van der Waals surface area contributed by atoms with Crippen LogP contribution in [0.25, 0.3) is 0 Å². The van der Waals surface area contributed by atoms with Crippen LogP contribution in [0.15, 0.2) is 18.2 Å². The lowest BCUT2D eigenvalue weighted by Gasteiger charge is -2.22. The van der Waals surface area contributed by atoms with Crippen LogP contribution in [0.1, 0.15) is 24.2 Å². The topological polar surface area (TPSA) is 69.2 Å². The predicted octanol–water partition coefficient (Wildman–Crippen LogP) is 3.78. The zero-order chi connectivity index (χ0) is 14.4. The van der Waals surface area contributed by atoms with Crippen molar-refractivity contribution < 1.29 is 4.92 Å². The molecule has 0 amide bonds. The normalized spacial score (nSPS) is 14.1. The van der Waals surface area contributed by atoms with Gasteiger partial charge in [0.2, 0.25) is 6.04 Å². The van der Waals surface area contributed by atoms with Crippen LogP contribution in [0.5, 0.6) is 0 Å². The fourth-order valence-electron chi connectivity index (χ4n) is 1.84. The molecule has 0 fully saturated rings. The van der Waals surface area contributed by atoms with E-state index in [1.165, 1.54) is 11.8 Å². The van der Waals surface area contributed by atoms with E-state index in [2.05, 4.69) is 0 Å². The Kier molecular flexibility index (Phi) is 6.93. The number of rotatable bonds is 7. The minimum Gasteiger partial charge on any atom is -0.330 e. The molecule has 4 nitrogen and oxygen atoms in total. The minimum absolute atomic E-state index is 0.270. The van der Waals surface area contributed by atoms with Gasteiger partial charge in [0.1, 0.15) is 5.25 Å². The third-order valence-electron chi connectivity index (χ3n) is 2.74. The summed E-state index contributed by atoms with van der Waals surface area (Å²) in [6, 6.07) is 4.40. The van der Waals surface area contributed by atoms with E-state index in [1.807, 2.05) is 0 Å². The largest absolute Gasteiger partial charge is 0.330 e. The lowest BCUT2D eigenvalue weighted by molar-refractivity contribution is -0.522. The van der Waals surface area contributed by atoms with E-state index in [1.54, 1.807) is 25.1 Å². The monoisotopic (exact) mass is 322 g/mol. The molecule has 0 aliphatic carbocycles. The molecule has 1 aromatic rings. The summed E-state index contributed by atoms with van der Waals surface area (Å²) in [4.78, 5) is 10.9. The molecule has 7 heteroatoms. The van der Waals surface area contributed by atoms with Gasteiger partial charge in [0.05, 0.1) is 0 Å². The second-order valence-electron chi connectivity index (χ2n) is 3.98. The van der Waals surface area contributed by atoms with E-state index >= 15 is 0 Å². The Hall–Kier alpha value is -0.490. The van der Waals surface area contributed by atoms with Gasteiger partial charge in [-0.15, -0.1) is 11.8 Å². The van der Waals surface area contributed by atoms with Gasteiger partial charge in [-0.1, -0.05) is 36.2 Å². The SMILES string of the molecule is CCC(C(SCCN)c1c(Cl)cccc1Cl)[N+](=O)[O-]. The van der Waals surface area contributed by atoms with E-state index in [0.717, 1.165) is 0 Å². The molecular formula is C12H16Cl2N2O2S. The van der Waals surface area contributed by atoms with Crippen molar-refractivity contribution in [2.75, 3.05) is 12.3 Å². The Balaban J connectivity index is 3.18. The highest BCUT2D eigenvalue weighted by atomic mass is 35.5. The van der Waals surface area contributed by atoms with E-state index in [4.69, 9.17) is 28.9 Å². The Labute approximate surface area is 126 Å². The van der Waals surface area contributed by atoms with E-state index in [-0.39, 0.29) is 10.2 Å². The molecule has 2 N–H and O–H groups in total. The average molecular weight is 323 g/mol. The number of nitrogens with zero attached hydrogens (tertiary/aromatic N) is 1. The summed E-state index contributed by atoms with van der Waals surface area (Å²) in [7, 11) is 0. The van der Waals surface area contributed by atoms with Gasteiger partial charge in [-0.05, 0) is 12.1 Å². The van der Waals surface area contributed by atoms with Crippen LogP contribution in [0, 0.1) is 10.1 Å². The summed E-state index contributed by atoms with van der Waals surface area (Å²) >= 11 is 13.7. The van der Waals surface area contributed by atoms with Gasteiger partial charge >= 0.3 is 0 Å². The van der Waals surface area contributed by atoms with Crippen molar-refractivity contribution >= 4 is 35.0 Å². The van der Waals surface area contributed by atoms with Gasteiger partial charge < -0.3 is 5.73 Å². The molecule has 0 aliphatic heterocycles. The van der Waals surface area contributed by atoms with Crippen LogP contribution >= 0.6 is 35.0 Å². The summed E-state index contributed by atoms with van der Waals surface area (Å²) in [5, 5.41) is 11.7. The van der Waals surface area contributed by atoms with E-state index in [9.17, 15) is 10.1 Å². The summed E-state index contributed by atoms with van der Waals surface area (Å²) in [5.41, 5.74) is 6.12. The molecule has 19 heavy (non-hydrogen) atoms. The number of hydrogen-bond donors (Lipinski definition) is 1. The molecule has 0 bridgehead atoms.